The third kappa shape index (κ3) is 2.24. The second kappa shape index (κ2) is 5.01. The van der Waals surface area contributed by atoms with Crippen molar-refractivity contribution < 1.29 is 4.42 Å². The van der Waals surface area contributed by atoms with E-state index in [1.54, 1.807) is 11.3 Å². The molecule has 1 aromatic carbocycles. The maximum absolute atomic E-state index is 5.75. The molecule has 5 nitrogen and oxygen atoms in total. The van der Waals surface area contributed by atoms with Gasteiger partial charge in [-0.1, -0.05) is 12.1 Å². The van der Waals surface area contributed by atoms with E-state index >= 15 is 0 Å². The molecular formula is C14H10N4OS2. The molecule has 21 heavy (non-hydrogen) atoms. The summed E-state index contributed by atoms with van der Waals surface area (Å²) < 4.78 is 5.75. The number of nitrogens with one attached hydrogen (secondary N) is 1. The third-order valence-corrected chi connectivity index (χ3v) is 4.63. The zero-order chi connectivity index (χ0) is 14.2. The highest BCUT2D eigenvalue weighted by Crippen LogP contribution is 2.35. The molecule has 4 aromatic rings. The Morgan fingerprint density at radius 1 is 1.14 bits per heavy atom. The second-order valence-electron chi connectivity index (χ2n) is 4.29. The van der Waals surface area contributed by atoms with Crippen LogP contribution in [0.25, 0.3) is 21.3 Å². The molecule has 3 aromatic heterocycles. The van der Waals surface area contributed by atoms with E-state index in [0.29, 0.717) is 11.2 Å². The smallest absolute Gasteiger partial charge is 0.263 e. The van der Waals surface area contributed by atoms with Gasteiger partial charge < -0.3 is 9.73 Å². The number of anilines is 1. The Morgan fingerprint density at radius 3 is 2.90 bits per heavy atom. The first-order chi connectivity index (χ1) is 10.3. The third-order valence-electron chi connectivity index (χ3n) is 2.97. The lowest BCUT2D eigenvalue weighted by atomic mass is 10.3. The van der Waals surface area contributed by atoms with E-state index in [1.807, 2.05) is 42.8 Å². The van der Waals surface area contributed by atoms with Crippen LogP contribution in [0.3, 0.4) is 0 Å². The quantitative estimate of drug-likeness (QED) is 0.576. The number of oxazole rings is 1. The summed E-state index contributed by atoms with van der Waals surface area (Å²) in [5.41, 5.74) is 1.63. The van der Waals surface area contributed by atoms with Gasteiger partial charge in [-0.15, -0.1) is 11.3 Å². The first-order valence-electron chi connectivity index (χ1n) is 6.30. The molecule has 7 heteroatoms. The fraction of sp³-hybridized carbons (Fsp3) is 0.0714. The largest absolute Gasteiger partial charge is 0.431 e. The van der Waals surface area contributed by atoms with Crippen LogP contribution in [-0.2, 0) is 0 Å². The van der Waals surface area contributed by atoms with Crippen LogP contribution in [0.5, 0.6) is 0 Å². The number of hydrogen-bond donors (Lipinski definition) is 1. The van der Waals surface area contributed by atoms with Gasteiger partial charge in [0.25, 0.3) is 5.22 Å². The lowest BCUT2D eigenvalue weighted by molar-refractivity contribution is 0.489. The number of benzene rings is 1. The molecule has 0 unspecified atom stereocenters. The Labute approximate surface area is 128 Å². The van der Waals surface area contributed by atoms with Gasteiger partial charge in [0, 0.05) is 12.4 Å². The SMILES string of the molecule is CNc1nc(Sc2nc3ccccc3o2)c2ccsc2n1. The summed E-state index contributed by atoms with van der Waals surface area (Å²) in [4.78, 5) is 14.4. The maximum atomic E-state index is 5.75. The Bertz CT molecular complexity index is 898. The summed E-state index contributed by atoms with van der Waals surface area (Å²) in [5.74, 6) is 0.601. The van der Waals surface area contributed by atoms with E-state index in [4.69, 9.17) is 4.42 Å². The van der Waals surface area contributed by atoms with Gasteiger partial charge in [0.15, 0.2) is 5.58 Å². The van der Waals surface area contributed by atoms with E-state index in [1.165, 1.54) is 11.8 Å². The lowest BCUT2D eigenvalue weighted by Gasteiger charge is -2.02. The van der Waals surface area contributed by atoms with Crippen molar-refractivity contribution >= 4 is 50.4 Å². The molecule has 0 spiro atoms. The average molecular weight is 314 g/mol. The van der Waals surface area contributed by atoms with Gasteiger partial charge in [0.05, 0.1) is 0 Å². The van der Waals surface area contributed by atoms with Gasteiger partial charge in [0.2, 0.25) is 5.95 Å². The molecule has 0 saturated carbocycles. The lowest BCUT2D eigenvalue weighted by Crippen LogP contribution is -1.96. The standard InChI is InChI=1S/C14H10N4OS2/c1-15-13-17-11-8(6-7-20-11)12(18-13)21-14-16-9-4-2-3-5-10(9)19-14/h2-7H,1H3,(H,15,17,18). The van der Waals surface area contributed by atoms with Crippen molar-refractivity contribution in [2.24, 2.45) is 0 Å². The van der Waals surface area contributed by atoms with Gasteiger partial charge in [-0.2, -0.15) is 0 Å². The molecule has 4 rings (SSSR count). The first kappa shape index (κ1) is 12.6. The molecule has 1 N–H and O–H groups in total. The number of nitrogens with zero attached hydrogens (tertiary/aromatic N) is 3. The minimum Gasteiger partial charge on any atom is -0.431 e. The zero-order valence-electron chi connectivity index (χ0n) is 11.0. The highest BCUT2D eigenvalue weighted by atomic mass is 32.2. The van der Waals surface area contributed by atoms with E-state index in [-0.39, 0.29) is 0 Å². The van der Waals surface area contributed by atoms with Crippen molar-refractivity contribution in [1.29, 1.82) is 0 Å². The van der Waals surface area contributed by atoms with Gasteiger partial charge in [-0.3, -0.25) is 0 Å². The minimum absolute atomic E-state index is 0.587. The molecular weight excluding hydrogens is 304 g/mol. The van der Waals surface area contributed by atoms with Crippen LogP contribution in [0.15, 0.2) is 50.4 Å². The van der Waals surface area contributed by atoms with Crippen molar-refractivity contribution in [1.82, 2.24) is 15.0 Å². The Kier molecular flexibility index (Phi) is 3.01. The number of aromatic nitrogens is 3. The molecule has 0 bridgehead atoms. The molecule has 104 valence electrons. The predicted molar refractivity (Wildman–Crippen MR) is 85.1 cm³/mol. The number of fused-ring (bicyclic) bond motifs is 2. The summed E-state index contributed by atoms with van der Waals surface area (Å²) in [6.45, 7) is 0. The van der Waals surface area contributed by atoms with Crippen LogP contribution in [0.2, 0.25) is 0 Å². The monoisotopic (exact) mass is 314 g/mol. The van der Waals surface area contributed by atoms with Gasteiger partial charge >= 0.3 is 0 Å². The summed E-state index contributed by atoms with van der Waals surface area (Å²) in [6.07, 6.45) is 0. The Balaban J connectivity index is 1.80. The van der Waals surface area contributed by atoms with E-state index in [0.717, 1.165) is 26.3 Å². The van der Waals surface area contributed by atoms with Crippen LogP contribution >= 0.6 is 23.1 Å². The van der Waals surface area contributed by atoms with E-state index < -0.39 is 0 Å². The Hall–Kier alpha value is -2.12. The van der Waals surface area contributed by atoms with Crippen LogP contribution in [0.4, 0.5) is 5.95 Å². The van der Waals surface area contributed by atoms with Crippen molar-refractivity contribution in [2.45, 2.75) is 10.2 Å². The molecule has 0 fully saturated rings. The molecule has 0 amide bonds. The number of hydrogen-bond acceptors (Lipinski definition) is 7. The zero-order valence-corrected chi connectivity index (χ0v) is 12.7. The molecule has 0 aliphatic carbocycles. The van der Waals surface area contributed by atoms with Crippen molar-refractivity contribution in [2.75, 3.05) is 12.4 Å². The summed E-state index contributed by atoms with van der Waals surface area (Å²) in [5, 5.41) is 7.44. The van der Waals surface area contributed by atoms with E-state index in [9.17, 15) is 0 Å². The summed E-state index contributed by atoms with van der Waals surface area (Å²) in [7, 11) is 1.81. The normalized spacial score (nSPS) is 11.3. The summed E-state index contributed by atoms with van der Waals surface area (Å²) in [6, 6.07) is 9.74. The fourth-order valence-corrected chi connectivity index (χ4v) is 3.67. The van der Waals surface area contributed by atoms with Crippen molar-refractivity contribution in [3.63, 3.8) is 0 Å². The van der Waals surface area contributed by atoms with Crippen molar-refractivity contribution in [3.05, 3.63) is 35.7 Å². The van der Waals surface area contributed by atoms with Crippen LogP contribution in [-0.4, -0.2) is 22.0 Å². The molecule has 0 atom stereocenters. The predicted octanol–water partition coefficient (Wildman–Crippen LogP) is 4.03. The highest BCUT2D eigenvalue weighted by Gasteiger charge is 2.13. The topological polar surface area (TPSA) is 63.8 Å². The van der Waals surface area contributed by atoms with Crippen LogP contribution in [0.1, 0.15) is 0 Å². The van der Waals surface area contributed by atoms with Crippen LogP contribution in [0, 0.1) is 0 Å². The van der Waals surface area contributed by atoms with Gasteiger partial charge in [0.1, 0.15) is 15.4 Å². The first-order valence-corrected chi connectivity index (χ1v) is 7.99. The Morgan fingerprint density at radius 2 is 2.05 bits per heavy atom. The molecule has 3 heterocycles. The number of thiophene rings is 1. The minimum atomic E-state index is 0.587. The van der Waals surface area contributed by atoms with E-state index in [2.05, 4.69) is 20.3 Å². The maximum Gasteiger partial charge on any atom is 0.263 e. The number of rotatable bonds is 3. The number of para-hydroxylation sites is 2. The van der Waals surface area contributed by atoms with Gasteiger partial charge in [-0.05, 0) is 35.3 Å². The average Bonchev–Trinajstić information content (AvgIpc) is 3.12. The molecule has 0 aliphatic heterocycles. The molecule has 0 aliphatic rings. The fourth-order valence-electron chi connectivity index (χ4n) is 2.00. The van der Waals surface area contributed by atoms with Crippen molar-refractivity contribution in [3.8, 4) is 0 Å². The van der Waals surface area contributed by atoms with Crippen LogP contribution < -0.4 is 5.32 Å². The molecule has 0 radical (unpaired) electrons. The van der Waals surface area contributed by atoms with Gasteiger partial charge in [-0.25, -0.2) is 15.0 Å². The second-order valence-corrected chi connectivity index (χ2v) is 6.13. The summed E-state index contributed by atoms with van der Waals surface area (Å²) >= 11 is 3.01. The highest BCUT2D eigenvalue weighted by molar-refractivity contribution is 7.99. The molecule has 0 saturated heterocycles.